The molecule has 1 unspecified atom stereocenters. The van der Waals surface area contributed by atoms with E-state index in [2.05, 4.69) is 5.16 Å². The minimum atomic E-state index is -4.53. The van der Waals surface area contributed by atoms with Crippen molar-refractivity contribution in [1.29, 1.82) is 0 Å². The molecule has 0 bridgehead atoms. The van der Waals surface area contributed by atoms with E-state index < -0.39 is 12.1 Å². The molecule has 1 atom stereocenters. The maximum atomic E-state index is 13.6. The summed E-state index contributed by atoms with van der Waals surface area (Å²) in [6.07, 6.45) is 0.239. The van der Waals surface area contributed by atoms with Gasteiger partial charge in [-0.3, -0.25) is 0 Å². The first-order valence-electron chi connectivity index (χ1n) is 8.44. The number of oxime groups is 1. The van der Waals surface area contributed by atoms with Crippen molar-refractivity contribution in [2.45, 2.75) is 31.4 Å². The van der Waals surface area contributed by atoms with Gasteiger partial charge >= 0.3 is 6.18 Å². The Balaban J connectivity index is 1.95. The molecule has 0 radical (unpaired) electrons. The number of fused-ring (bicyclic) bond motifs is 1. The van der Waals surface area contributed by atoms with Gasteiger partial charge in [0, 0.05) is 5.56 Å². The van der Waals surface area contributed by atoms with E-state index in [0.29, 0.717) is 17.7 Å². The van der Waals surface area contributed by atoms with E-state index in [1.807, 2.05) is 6.07 Å². The lowest BCUT2D eigenvalue weighted by Crippen LogP contribution is -2.19. The number of halogens is 6. The zero-order valence-electron chi connectivity index (χ0n) is 14.4. The van der Waals surface area contributed by atoms with Gasteiger partial charge in [-0.15, -0.1) is 0 Å². The first-order chi connectivity index (χ1) is 13.2. The molecular formula is C20H15Cl3F3NO. The van der Waals surface area contributed by atoms with E-state index in [0.717, 1.165) is 30.0 Å². The van der Waals surface area contributed by atoms with Gasteiger partial charge in [0.1, 0.15) is 0 Å². The van der Waals surface area contributed by atoms with Crippen LogP contribution in [0.2, 0.25) is 15.1 Å². The molecule has 1 aliphatic rings. The molecule has 0 aliphatic heterocycles. The minimum Gasteiger partial charge on any atom is -0.411 e. The highest BCUT2D eigenvalue weighted by molar-refractivity contribution is 6.48. The second-order valence-electron chi connectivity index (χ2n) is 6.49. The largest absolute Gasteiger partial charge is 0.411 e. The number of alkyl halides is 3. The first kappa shape index (κ1) is 21.0. The lowest BCUT2D eigenvalue weighted by molar-refractivity contribution is -0.139. The summed E-state index contributed by atoms with van der Waals surface area (Å²) in [7, 11) is 0. The van der Waals surface area contributed by atoms with Gasteiger partial charge < -0.3 is 5.21 Å². The third-order valence-corrected chi connectivity index (χ3v) is 5.82. The maximum absolute atomic E-state index is 13.6. The number of aryl methyl sites for hydroxylation is 1. The summed E-state index contributed by atoms with van der Waals surface area (Å²) in [6.45, 7) is 0. The summed E-state index contributed by atoms with van der Waals surface area (Å²) in [4.78, 5) is 0. The SMILES string of the molecule is ON=C1CCCc2cc(/C=C/C(c3cc(Cl)c(Cl)c(Cl)c3)C(F)(F)F)ccc21. The molecule has 0 amide bonds. The molecule has 0 fully saturated rings. The highest BCUT2D eigenvalue weighted by Gasteiger charge is 2.39. The molecule has 148 valence electrons. The predicted octanol–water partition coefficient (Wildman–Crippen LogP) is 7.52. The van der Waals surface area contributed by atoms with Crippen molar-refractivity contribution in [3.05, 3.63) is 73.7 Å². The average molecular weight is 449 g/mol. The summed E-state index contributed by atoms with van der Waals surface area (Å²) < 4.78 is 40.9. The summed E-state index contributed by atoms with van der Waals surface area (Å²) in [6, 6.07) is 7.62. The molecule has 0 spiro atoms. The molecule has 0 saturated heterocycles. The number of allylic oxidation sites excluding steroid dienone is 1. The second-order valence-corrected chi connectivity index (χ2v) is 7.69. The van der Waals surface area contributed by atoms with E-state index in [-0.39, 0.29) is 20.6 Å². The van der Waals surface area contributed by atoms with E-state index >= 15 is 0 Å². The van der Waals surface area contributed by atoms with Crippen molar-refractivity contribution in [2.75, 3.05) is 0 Å². The number of nitrogens with zero attached hydrogens (tertiary/aromatic N) is 1. The summed E-state index contributed by atoms with van der Waals surface area (Å²) in [5.41, 5.74) is 2.90. The van der Waals surface area contributed by atoms with Gasteiger partial charge in [-0.25, -0.2) is 0 Å². The van der Waals surface area contributed by atoms with Crippen molar-refractivity contribution in [3.8, 4) is 0 Å². The van der Waals surface area contributed by atoms with Crippen LogP contribution in [0.25, 0.3) is 6.08 Å². The van der Waals surface area contributed by atoms with Crippen molar-refractivity contribution in [1.82, 2.24) is 0 Å². The smallest absolute Gasteiger partial charge is 0.399 e. The van der Waals surface area contributed by atoms with Gasteiger partial charge in [0.2, 0.25) is 0 Å². The first-order valence-corrected chi connectivity index (χ1v) is 9.57. The third kappa shape index (κ3) is 4.48. The molecule has 0 aromatic heterocycles. The second kappa shape index (κ2) is 8.36. The van der Waals surface area contributed by atoms with Crippen LogP contribution >= 0.6 is 34.8 Å². The number of hydrogen-bond donors (Lipinski definition) is 1. The Morgan fingerprint density at radius 1 is 1.04 bits per heavy atom. The van der Waals surface area contributed by atoms with Gasteiger partial charge in [0.15, 0.2) is 0 Å². The highest BCUT2D eigenvalue weighted by atomic mass is 35.5. The van der Waals surface area contributed by atoms with Gasteiger partial charge in [-0.05, 0) is 48.1 Å². The summed E-state index contributed by atoms with van der Waals surface area (Å²) >= 11 is 17.6. The summed E-state index contributed by atoms with van der Waals surface area (Å²) in [5.74, 6) is -1.88. The maximum Gasteiger partial charge on any atom is 0.399 e. The van der Waals surface area contributed by atoms with Crippen LogP contribution < -0.4 is 0 Å². The molecule has 8 heteroatoms. The number of rotatable bonds is 3. The van der Waals surface area contributed by atoms with E-state index in [1.165, 1.54) is 18.2 Å². The molecule has 0 heterocycles. The van der Waals surface area contributed by atoms with Crippen LogP contribution in [0.1, 0.15) is 41.0 Å². The van der Waals surface area contributed by atoms with Gasteiger partial charge in [0.05, 0.1) is 26.7 Å². The van der Waals surface area contributed by atoms with Crippen LogP contribution in [0.15, 0.2) is 41.6 Å². The molecule has 3 rings (SSSR count). The van der Waals surface area contributed by atoms with Crippen LogP contribution in [-0.2, 0) is 6.42 Å². The monoisotopic (exact) mass is 447 g/mol. The van der Waals surface area contributed by atoms with Crippen molar-refractivity contribution in [3.63, 3.8) is 0 Å². The Bertz CT molecular complexity index is 931. The van der Waals surface area contributed by atoms with Crippen molar-refractivity contribution < 1.29 is 18.4 Å². The normalized spacial score (nSPS) is 17.1. The molecule has 1 aliphatic carbocycles. The highest BCUT2D eigenvalue weighted by Crippen LogP contribution is 2.41. The van der Waals surface area contributed by atoms with Crippen LogP contribution in [0.3, 0.4) is 0 Å². The van der Waals surface area contributed by atoms with E-state index in [1.54, 1.807) is 12.1 Å². The molecule has 2 aromatic rings. The molecule has 2 aromatic carbocycles. The lowest BCUT2D eigenvalue weighted by atomic mass is 9.88. The average Bonchev–Trinajstić information content (AvgIpc) is 2.64. The molecule has 0 saturated carbocycles. The van der Waals surface area contributed by atoms with Gasteiger partial charge in [-0.2, -0.15) is 13.2 Å². The van der Waals surface area contributed by atoms with Gasteiger partial charge in [0.25, 0.3) is 0 Å². The topological polar surface area (TPSA) is 32.6 Å². The van der Waals surface area contributed by atoms with E-state index in [4.69, 9.17) is 40.0 Å². The Hall–Kier alpha value is -1.69. The molecule has 28 heavy (non-hydrogen) atoms. The quantitative estimate of drug-likeness (QED) is 0.294. The minimum absolute atomic E-state index is 0.0213. The molecule has 2 nitrogen and oxygen atoms in total. The van der Waals surface area contributed by atoms with Crippen LogP contribution in [0, 0.1) is 0 Å². The van der Waals surface area contributed by atoms with Crippen molar-refractivity contribution in [2.24, 2.45) is 5.16 Å². The van der Waals surface area contributed by atoms with Crippen LogP contribution in [-0.4, -0.2) is 17.1 Å². The van der Waals surface area contributed by atoms with E-state index in [9.17, 15) is 13.2 Å². The third-order valence-electron chi connectivity index (χ3n) is 4.62. The predicted molar refractivity (Wildman–Crippen MR) is 107 cm³/mol. The molecule has 1 N–H and O–H groups in total. The zero-order valence-corrected chi connectivity index (χ0v) is 16.7. The number of hydrogen-bond acceptors (Lipinski definition) is 2. The molecular weight excluding hydrogens is 434 g/mol. The Morgan fingerprint density at radius 2 is 1.71 bits per heavy atom. The number of benzene rings is 2. The fraction of sp³-hybridized carbons (Fsp3) is 0.250. The summed E-state index contributed by atoms with van der Waals surface area (Å²) in [5, 5.41) is 12.3. The van der Waals surface area contributed by atoms with Gasteiger partial charge in [-0.1, -0.05) is 70.3 Å². The Morgan fingerprint density at radius 3 is 2.32 bits per heavy atom. The fourth-order valence-corrected chi connectivity index (χ4v) is 3.87. The van der Waals surface area contributed by atoms with Crippen LogP contribution in [0.4, 0.5) is 13.2 Å². The lowest BCUT2D eigenvalue weighted by Gasteiger charge is -2.19. The fourth-order valence-electron chi connectivity index (χ4n) is 3.26. The standard InChI is InChI=1S/C20H15Cl3F3NO/c21-16-9-13(10-17(22)19(16)23)15(20(24,25)26)7-5-11-4-6-14-12(8-11)2-1-3-18(14)27-28/h4-10,15,28H,1-3H2/b7-5+,27-18?. The zero-order chi connectivity index (χ0) is 20.5. The van der Waals surface area contributed by atoms with Crippen molar-refractivity contribution >= 4 is 46.6 Å². The Labute approximate surface area is 175 Å². The Kier molecular flexibility index (Phi) is 6.28. The van der Waals surface area contributed by atoms with Crippen LogP contribution in [0.5, 0.6) is 0 Å².